The van der Waals surface area contributed by atoms with Gasteiger partial charge in [-0.2, -0.15) is 13.2 Å². The Balaban J connectivity index is 1.56. The lowest BCUT2D eigenvalue weighted by Crippen LogP contribution is -2.25. The van der Waals surface area contributed by atoms with E-state index < -0.39 is 17.4 Å². The van der Waals surface area contributed by atoms with Gasteiger partial charge in [0.05, 0.1) is 16.8 Å². The van der Waals surface area contributed by atoms with Gasteiger partial charge in [-0.1, -0.05) is 24.4 Å². The molecule has 1 saturated carbocycles. The van der Waals surface area contributed by atoms with Gasteiger partial charge in [-0.05, 0) is 60.6 Å². The van der Waals surface area contributed by atoms with Crippen LogP contribution in [-0.4, -0.2) is 29.5 Å². The third kappa shape index (κ3) is 3.94. The highest BCUT2D eigenvalue weighted by atomic mass is 32.2. The molecule has 11 heteroatoms. The van der Waals surface area contributed by atoms with Crippen LogP contribution in [-0.2, 0) is 13.2 Å². The summed E-state index contributed by atoms with van der Waals surface area (Å²) in [7, 11) is 1.92. The van der Waals surface area contributed by atoms with Crippen LogP contribution in [0, 0.1) is 5.92 Å². The van der Waals surface area contributed by atoms with Crippen LogP contribution in [0.2, 0.25) is 0 Å². The molecule has 0 radical (unpaired) electrons. The van der Waals surface area contributed by atoms with Crippen molar-refractivity contribution in [3.05, 3.63) is 82.1 Å². The number of imidazole rings is 1. The third-order valence-corrected chi connectivity index (χ3v) is 8.28. The smallest absolute Gasteiger partial charge is 0.320 e. The van der Waals surface area contributed by atoms with Gasteiger partial charge in [0.25, 0.3) is 0 Å². The normalized spacial score (nSPS) is 19.6. The summed E-state index contributed by atoms with van der Waals surface area (Å²) in [5.41, 5.74) is 1.02. The first kappa shape index (κ1) is 23.4. The van der Waals surface area contributed by atoms with E-state index in [9.17, 15) is 18.0 Å². The van der Waals surface area contributed by atoms with Crippen molar-refractivity contribution in [3.8, 4) is 5.69 Å². The maximum Gasteiger partial charge on any atom is 0.418 e. The third-order valence-electron chi connectivity index (χ3n) is 7.38. The van der Waals surface area contributed by atoms with Crippen LogP contribution in [0.5, 0.6) is 0 Å². The van der Waals surface area contributed by atoms with Gasteiger partial charge in [0.15, 0.2) is 0 Å². The Bertz CT molecular complexity index is 1480. The summed E-state index contributed by atoms with van der Waals surface area (Å²) < 4.78 is 48.8. The molecule has 4 aromatic rings. The number of hydrogen-bond acceptors (Lipinski definition) is 5. The van der Waals surface area contributed by atoms with E-state index in [2.05, 4.69) is 21.0 Å². The molecular formula is C25H25F3N6OS. The molecule has 4 heterocycles. The van der Waals surface area contributed by atoms with Crippen molar-refractivity contribution >= 4 is 17.5 Å². The second-order valence-electron chi connectivity index (χ2n) is 9.59. The topological polar surface area (TPSA) is 69.2 Å². The summed E-state index contributed by atoms with van der Waals surface area (Å²) in [6.07, 6.45) is 4.01. The van der Waals surface area contributed by atoms with Crippen LogP contribution >= 0.6 is 11.9 Å². The lowest BCUT2D eigenvalue weighted by molar-refractivity contribution is -0.136. The largest absolute Gasteiger partial charge is 0.418 e. The van der Waals surface area contributed by atoms with Gasteiger partial charge in [0, 0.05) is 37.2 Å². The van der Waals surface area contributed by atoms with E-state index in [1.165, 1.54) is 23.0 Å². The van der Waals surface area contributed by atoms with E-state index >= 15 is 0 Å². The Hall–Kier alpha value is -3.05. The van der Waals surface area contributed by atoms with Crippen molar-refractivity contribution in [1.29, 1.82) is 0 Å². The van der Waals surface area contributed by atoms with Crippen molar-refractivity contribution in [2.24, 2.45) is 13.0 Å². The predicted molar refractivity (Wildman–Crippen MR) is 131 cm³/mol. The zero-order chi connectivity index (χ0) is 25.0. The van der Waals surface area contributed by atoms with Crippen molar-refractivity contribution in [2.75, 3.05) is 5.75 Å². The van der Waals surface area contributed by atoms with Gasteiger partial charge in [-0.25, -0.2) is 4.79 Å². The van der Waals surface area contributed by atoms with E-state index in [-0.39, 0.29) is 17.5 Å². The molecule has 6 rings (SSSR count). The molecule has 1 aliphatic carbocycles. The zero-order valence-corrected chi connectivity index (χ0v) is 20.4. The summed E-state index contributed by atoms with van der Waals surface area (Å²) in [5, 5.41) is 8.51. The summed E-state index contributed by atoms with van der Waals surface area (Å²) in [5.74, 6) is 2.19. The second-order valence-corrected chi connectivity index (χ2v) is 10.5. The van der Waals surface area contributed by atoms with Gasteiger partial charge < -0.3 is 4.57 Å². The average molecular weight is 515 g/mol. The molecule has 3 aromatic heterocycles. The van der Waals surface area contributed by atoms with E-state index in [1.54, 1.807) is 18.3 Å². The molecule has 2 aliphatic rings. The van der Waals surface area contributed by atoms with Crippen LogP contribution in [0.3, 0.4) is 0 Å². The fourth-order valence-corrected chi connectivity index (χ4v) is 6.25. The monoisotopic (exact) mass is 514 g/mol. The molecule has 7 nitrogen and oxygen atoms in total. The SMILES string of the molecule is Cn1cnnc1[C@@H](c1cc(C2CCSN2)cc(-n2cc3c(C(F)(F)F)cccn3c2=O)c1)C1CCC1. The fourth-order valence-electron chi connectivity index (χ4n) is 5.33. The minimum absolute atomic E-state index is 0.0162. The van der Waals surface area contributed by atoms with Crippen LogP contribution in [0.25, 0.3) is 11.2 Å². The Morgan fingerprint density at radius 1 is 1.19 bits per heavy atom. The molecule has 2 fully saturated rings. The minimum atomic E-state index is -4.57. The molecule has 188 valence electrons. The number of alkyl halides is 3. The predicted octanol–water partition coefficient (Wildman–Crippen LogP) is 4.85. The number of nitrogens with one attached hydrogen (secondary N) is 1. The number of pyridine rings is 1. The number of hydrogen-bond donors (Lipinski definition) is 1. The number of fused-ring (bicyclic) bond motifs is 1. The Kier molecular flexibility index (Phi) is 5.71. The number of halogens is 3. The molecule has 0 amide bonds. The number of aryl methyl sites for hydroxylation is 1. The molecule has 1 aliphatic heterocycles. The summed E-state index contributed by atoms with van der Waals surface area (Å²) in [6.45, 7) is 0. The summed E-state index contributed by atoms with van der Waals surface area (Å²) in [4.78, 5) is 13.3. The lowest BCUT2D eigenvalue weighted by atomic mass is 9.72. The molecule has 1 saturated heterocycles. The van der Waals surface area contributed by atoms with Gasteiger partial charge in [-0.3, -0.25) is 13.7 Å². The van der Waals surface area contributed by atoms with Crippen molar-refractivity contribution < 1.29 is 13.2 Å². The molecule has 1 unspecified atom stereocenters. The van der Waals surface area contributed by atoms with Crippen LogP contribution in [0.1, 0.15) is 60.2 Å². The van der Waals surface area contributed by atoms with Gasteiger partial charge >= 0.3 is 11.9 Å². The van der Waals surface area contributed by atoms with Gasteiger partial charge in [0.1, 0.15) is 12.2 Å². The molecule has 36 heavy (non-hydrogen) atoms. The standard InChI is InChI=1S/C25H25F3N6OS/c1-32-14-29-30-23(32)22(15-4-2-5-15)17-10-16(20-7-9-36-31-20)11-18(12-17)34-13-21-19(25(26,27)28)6-3-8-33(21)24(34)35/h3,6,8,10-15,20,22,31H,2,4-5,7,9H2,1H3/t20?,22-/m1/s1. The Morgan fingerprint density at radius 2 is 2.03 bits per heavy atom. The quantitative estimate of drug-likeness (QED) is 0.386. The number of aromatic nitrogens is 5. The van der Waals surface area contributed by atoms with E-state index in [0.29, 0.717) is 11.6 Å². The number of rotatable bonds is 5. The fraction of sp³-hybridized carbons (Fsp3) is 0.400. The average Bonchev–Trinajstić information content (AvgIpc) is 3.56. The second kappa shape index (κ2) is 8.81. The summed E-state index contributed by atoms with van der Waals surface area (Å²) in [6, 6.07) is 8.35. The highest BCUT2D eigenvalue weighted by Gasteiger charge is 2.35. The number of nitrogens with zero attached hydrogens (tertiary/aromatic N) is 5. The highest BCUT2D eigenvalue weighted by molar-refractivity contribution is 7.97. The highest BCUT2D eigenvalue weighted by Crippen LogP contribution is 2.44. The lowest BCUT2D eigenvalue weighted by Gasteiger charge is -2.34. The molecule has 2 atom stereocenters. The molecular weight excluding hydrogens is 489 g/mol. The van der Waals surface area contributed by atoms with Crippen molar-refractivity contribution in [1.82, 2.24) is 28.5 Å². The zero-order valence-electron chi connectivity index (χ0n) is 19.6. The first-order valence-corrected chi connectivity index (χ1v) is 13.0. The van der Waals surface area contributed by atoms with Crippen molar-refractivity contribution in [2.45, 2.75) is 43.8 Å². The molecule has 0 bridgehead atoms. The van der Waals surface area contributed by atoms with Crippen LogP contribution in [0.4, 0.5) is 13.2 Å². The van der Waals surface area contributed by atoms with Crippen LogP contribution < -0.4 is 10.4 Å². The van der Waals surface area contributed by atoms with E-state index in [0.717, 1.165) is 58.9 Å². The minimum Gasteiger partial charge on any atom is -0.320 e. The van der Waals surface area contributed by atoms with Gasteiger partial charge in [-0.15, -0.1) is 10.2 Å². The van der Waals surface area contributed by atoms with E-state index in [4.69, 9.17) is 0 Å². The maximum atomic E-state index is 13.7. The molecule has 1 N–H and O–H groups in total. The Morgan fingerprint density at radius 3 is 2.67 bits per heavy atom. The van der Waals surface area contributed by atoms with E-state index in [1.807, 2.05) is 23.7 Å². The van der Waals surface area contributed by atoms with Crippen molar-refractivity contribution in [3.63, 3.8) is 0 Å². The van der Waals surface area contributed by atoms with Crippen LogP contribution in [0.15, 0.2) is 53.8 Å². The molecule has 0 spiro atoms. The summed E-state index contributed by atoms with van der Waals surface area (Å²) >= 11 is 1.65. The number of benzene rings is 1. The Labute approximate surface area is 209 Å². The first-order valence-electron chi connectivity index (χ1n) is 12.0. The maximum absolute atomic E-state index is 13.7. The first-order chi connectivity index (χ1) is 17.3. The molecule has 1 aromatic carbocycles. The van der Waals surface area contributed by atoms with Gasteiger partial charge in [0.2, 0.25) is 0 Å².